The lowest BCUT2D eigenvalue weighted by atomic mass is 9.70. The molecular formula is C22H31N3O4S. The molecule has 0 aromatic heterocycles. The number of carbonyl (C=O) groups excluding carboxylic acids is 2. The molecule has 1 aromatic carbocycles. The zero-order valence-corrected chi connectivity index (χ0v) is 18.3. The number of carbonyl (C=O) groups is 2. The van der Waals surface area contributed by atoms with Gasteiger partial charge in [0, 0.05) is 37.2 Å². The van der Waals surface area contributed by atoms with Crippen molar-refractivity contribution in [1.82, 2.24) is 14.9 Å². The van der Waals surface area contributed by atoms with Crippen LogP contribution in [0.4, 0.5) is 0 Å². The van der Waals surface area contributed by atoms with Crippen LogP contribution < -0.4 is 10.6 Å². The van der Waals surface area contributed by atoms with Crippen molar-refractivity contribution in [1.29, 1.82) is 0 Å². The molecule has 1 saturated carbocycles. The Hall–Kier alpha value is -1.93. The van der Waals surface area contributed by atoms with Crippen LogP contribution >= 0.6 is 0 Å². The average molecular weight is 434 g/mol. The van der Waals surface area contributed by atoms with Crippen molar-refractivity contribution in [3.63, 3.8) is 0 Å². The number of benzene rings is 1. The molecule has 164 valence electrons. The molecule has 0 bridgehead atoms. The van der Waals surface area contributed by atoms with Gasteiger partial charge in [-0.2, -0.15) is 4.31 Å². The van der Waals surface area contributed by atoms with Crippen LogP contribution in [0.25, 0.3) is 0 Å². The molecule has 4 rings (SSSR count). The molecule has 0 spiro atoms. The van der Waals surface area contributed by atoms with Crippen molar-refractivity contribution >= 4 is 21.8 Å². The maximum Gasteiger partial charge on any atom is 0.251 e. The van der Waals surface area contributed by atoms with E-state index in [2.05, 4.69) is 17.6 Å². The van der Waals surface area contributed by atoms with Gasteiger partial charge in [0.1, 0.15) is 0 Å². The van der Waals surface area contributed by atoms with E-state index >= 15 is 0 Å². The lowest BCUT2D eigenvalue weighted by molar-refractivity contribution is -0.127. The van der Waals surface area contributed by atoms with Crippen LogP contribution in [0, 0.1) is 11.8 Å². The van der Waals surface area contributed by atoms with Crippen LogP contribution in [0.2, 0.25) is 0 Å². The first-order valence-corrected chi connectivity index (χ1v) is 12.5. The molecule has 2 heterocycles. The van der Waals surface area contributed by atoms with E-state index in [4.69, 9.17) is 0 Å². The molecule has 2 N–H and O–H groups in total. The standard InChI is InChI=1S/C22H31N3O4S/c1-2-15-13-21(26)24-20-14-17(7-10-19(15)20)23-22(27)16-5-8-18(9-6-16)30(28,29)25-11-3-4-12-25/h5-6,8-9,15,17,19-20H,2-4,7,10-14H2,1H3,(H,23,27)(H,24,26). The number of hydrogen-bond donors (Lipinski definition) is 2. The number of nitrogens with zero attached hydrogens (tertiary/aromatic N) is 1. The molecule has 2 aliphatic heterocycles. The number of sulfonamides is 1. The Morgan fingerprint density at radius 2 is 1.87 bits per heavy atom. The molecule has 1 aliphatic carbocycles. The summed E-state index contributed by atoms with van der Waals surface area (Å²) in [5.74, 6) is 0.851. The molecule has 30 heavy (non-hydrogen) atoms. The molecule has 0 radical (unpaired) electrons. The molecule has 2 saturated heterocycles. The third-order valence-corrected chi connectivity index (χ3v) is 8.89. The second-order valence-corrected chi connectivity index (χ2v) is 10.8. The number of amides is 2. The maximum atomic E-state index is 12.7. The minimum atomic E-state index is -3.47. The molecular weight excluding hydrogens is 402 g/mol. The number of piperidine rings is 1. The van der Waals surface area contributed by atoms with Crippen molar-refractivity contribution in [3.8, 4) is 0 Å². The lowest BCUT2D eigenvalue weighted by Crippen LogP contribution is -2.55. The third kappa shape index (κ3) is 4.25. The second-order valence-electron chi connectivity index (χ2n) is 8.83. The third-order valence-electron chi connectivity index (χ3n) is 6.98. The highest BCUT2D eigenvalue weighted by Crippen LogP contribution is 2.37. The first kappa shape index (κ1) is 21.3. The van der Waals surface area contributed by atoms with Gasteiger partial charge < -0.3 is 10.6 Å². The topological polar surface area (TPSA) is 95.6 Å². The van der Waals surface area contributed by atoms with E-state index in [1.165, 1.54) is 16.4 Å². The van der Waals surface area contributed by atoms with E-state index < -0.39 is 10.0 Å². The van der Waals surface area contributed by atoms with Crippen LogP contribution in [0.5, 0.6) is 0 Å². The van der Waals surface area contributed by atoms with E-state index in [9.17, 15) is 18.0 Å². The Morgan fingerprint density at radius 1 is 1.17 bits per heavy atom. The summed E-state index contributed by atoms with van der Waals surface area (Å²) >= 11 is 0. The number of nitrogens with one attached hydrogen (secondary N) is 2. The minimum Gasteiger partial charge on any atom is -0.353 e. The molecule has 8 heteroatoms. The molecule has 7 nitrogen and oxygen atoms in total. The lowest BCUT2D eigenvalue weighted by Gasteiger charge is -2.44. The molecule has 3 aliphatic rings. The van der Waals surface area contributed by atoms with Gasteiger partial charge in [-0.1, -0.05) is 13.3 Å². The molecule has 2 amide bonds. The average Bonchev–Trinajstić information content (AvgIpc) is 3.29. The molecule has 3 fully saturated rings. The van der Waals surface area contributed by atoms with Crippen LogP contribution in [-0.4, -0.2) is 49.7 Å². The largest absolute Gasteiger partial charge is 0.353 e. The summed E-state index contributed by atoms with van der Waals surface area (Å²) in [5, 5.41) is 6.19. The van der Waals surface area contributed by atoms with Crippen LogP contribution in [-0.2, 0) is 14.8 Å². The Bertz CT molecular complexity index is 893. The first-order chi connectivity index (χ1) is 14.4. The van der Waals surface area contributed by atoms with Gasteiger partial charge in [-0.25, -0.2) is 8.42 Å². The van der Waals surface area contributed by atoms with Gasteiger partial charge in [0.25, 0.3) is 5.91 Å². The second kappa shape index (κ2) is 8.67. The van der Waals surface area contributed by atoms with Gasteiger partial charge in [-0.3, -0.25) is 9.59 Å². The smallest absolute Gasteiger partial charge is 0.251 e. The highest BCUT2D eigenvalue weighted by atomic mass is 32.2. The Morgan fingerprint density at radius 3 is 2.53 bits per heavy atom. The Labute approximate surface area is 178 Å². The highest BCUT2D eigenvalue weighted by molar-refractivity contribution is 7.89. The molecule has 4 atom stereocenters. The maximum absolute atomic E-state index is 12.7. The van der Waals surface area contributed by atoms with Gasteiger partial charge in [0.2, 0.25) is 15.9 Å². The Balaban J connectivity index is 1.38. The van der Waals surface area contributed by atoms with Crippen LogP contribution in [0.1, 0.15) is 62.2 Å². The van der Waals surface area contributed by atoms with Gasteiger partial charge in [-0.05, 0) is 68.2 Å². The monoisotopic (exact) mass is 433 g/mol. The van der Waals surface area contributed by atoms with Crippen LogP contribution in [0.15, 0.2) is 29.2 Å². The van der Waals surface area contributed by atoms with Gasteiger partial charge in [0.15, 0.2) is 0 Å². The summed E-state index contributed by atoms with van der Waals surface area (Å²) < 4.78 is 26.8. The summed E-state index contributed by atoms with van der Waals surface area (Å²) in [6, 6.07) is 6.35. The van der Waals surface area contributed by atoms with E-state index in [-0.39, 0.29) is 28.8 Å². The molecule has 4 unspecified atom stereocenters. The fraction of sp³-hybridized carbons (Fsp3) is 0.636. The van der Waals surface area contributed by atoms with E-state index in [0.29, 0.717) is 36.9 Å². The van der Waals surface area contributed by atoms with Crippen molar-refractivity contribution < 1.29 is 18.0 Å². The fourth-order valence-corrected chi connectivity index (χ4v) is 6.80. The normalized spacial score (nSPS) is 29.8. The number of fused-ring (bicyclic) bond motifs is 1. The SMILES string of the molecule is CCC1CC(=O)NC2CC(NC(=O)c3ccc(S(=O)(=O)N4CCCC4)cc3)CCC12. The quantitative estimate of drug-likeness (QED) is 0.745. The zero-order valence-electron chi connectivity index (χ0n) is 17.5. The van der Waals surface area contributed by atoms with Crippen LogP contribution in [0.3, 0.4) is 0 Å². The summed E-state index contributed by atoms with van der Waals surface area (Å²) in [4.78, 5) is 24.9. The van der Waals surface area contributed by atoms with Crippen molar-refractivity contribution in [3.05, 3.63) is 29.8 Å². The highest BCUT2D eigenvalue weighted by Gasteiger charge is 2.40. The van der Waals surface area contributed by atoms with E-state index in [1.807, 2.05) is 0 Å². The van der Waals surface area contributed by atoms with E-state index in [0.717, 1.165) is 38.5 Å². The predicted octanol–water partition coefficient (Wildman–Crippen LogP) is 2.28. The summed E-state index contributed by atoms with van der Waals surface area (Å²) in [6.07, 6.45) is 6.06. The number of hydrogen-bond acceptors (Lipinski definition) is 4. The fourth-order valence-electron chi connectivity index (χ4n) is 5.28. The molecule has 1 aromatic rings. The first-order valence-electron chi connectivity index (χ1n) is 11.1. The minimum absolute atomic E-state index is 0.0164. The summed E-state index contributed by atoms with van der Waals surface area (Å²) in [6.45, 7) is 3.26. The van der Waals surface area contributed by atoms with Crippen molar-refractivity contribution in [2.24, 2.45) is 11.8 Å². The van der Waals surface area contributed by atoms with Crippen molar-refractivity contribution in [2.45, 2.75) is 68.8 Å². The van der Waals surface area contributed by atoms with Gasteiger partial charge in [0.05, 0.1) is 4.90 Å². The predicted molar refractivity (Wildman–Crippen MR) is 113 cm³/mol. The summed E-state index contributed by atoms with van der Waals surface area (Å²) in [7, 11) is -3.47. The summed E-state index contributed by atoms with van der Waals surface area (Å²) in [5.41, 5.74) is 0.455. The van der Waals surface area contributed by atoms with Crippen molar-refractivity contribution in [2.75, 3.05) is 13.1 Å². The van der Waals surface area contributed by atoms with E-state index in [1.54, 1.807) is 12.1 Å². The zero-order chi connectivity index (χ0) is 21.3. The van der Waals surface area contributed by atoms with Gasteiger partial charge in [-0.15, -0.1) is 0 Å². The van der Waals surface area contributed by atoms with Gasteiger partial charge >= 0.3 is 0 Å². The number of rotatable bonds is 5. The Kier molecular flexibility index (Phi) is 6.16.